The van der Waals surface area contributed by atoms with Crippen molar-refractivity contribution >= 4 is 11.8 Å². The Balaban J connectivity index is 1.52. The van der Waals surface area contributed by atoms with E-state index < -0.39 is 0 Å². The fourth-order valence-corrected chi connectivity index (χ4v) is 3.12. The SMILES string of the molecule is CCCCCCCCn1cc(CN2C(=O)c3ccccc3C2=O)nn1. The fourth-order valence-electron chi connectivity index (χ4n) is 3.12. The predicted octanol–water partition coefficient (Wildman–Crippen LogP) is 3.43. The van der Waals surface area contributed by atoms with Crippen LogP contribution in [0.2, 0.25) is 0 Å². The lowest BCUT2D eigenvalue weighted by Gasteiger charge is -2.11. The van der Waals surface area contributed by atoms with E-state index in [1.165, 1.54) is 37.0 Å². The quantitative estimate of drug-likeness (QED) is 0.518. The number of carbonyl (C=O) groups excluding carboxylic acids is 2. The second-order valence-corrected chi connectivity index (χ2v) is 6.48. The number of amides is 2. The number of aryl methyl sites for hydroxylation is 1. The van der Waals surface area contributed by atoms with Crippen molar-refractivity contribution in [2.24, 2.45) is 0 Å². The van der Waals surface area contributed by atoms with Crippen LogP contribution in [-0.4, -0.2) is 31.7 Å². The molecule has 1 aliphatic heterocycles. The predicted molar refractivity (Wildman–Crippen MR) is 94.0 cm³/mol. The Morgan fingerprint density at radius 2 is 1.56 bits per heavy atom. The van der Waals surface area contributed by atoms with Crippen LogP contribution in [0.25, 0.3) is 0 Å². The molecule has 6 heteroatoms. The van der Waals surface area contributed by atoms with Gasteiger partial charge in [0.15, 0.2) is 0 Å². The third kappa shape index (κ3) is 3.95. The summed E-state index contributed by atoms with van der Waals surface area (Å²) in [5, 5.41) is 8.22. The van der Waals surface area contributed by atoms with E-state index in [0.717, 1.165) is 13.0 Å². The fraction of sp³-hybridized carbons (Fsp3) is 0.474. The molecule has 2 heterocycles. The molecule has 1 aliphatic rings. The number of rotatable bonds is 9. The molecule has 0 radical (unpaired) electrons. The molecule has 1 aromatic carbocycles. The number of unbranched alkanes of at least 4 members (excludes halogenated alkanes) is 5. The number of hydrogen-bond donors (Lipinski definition) is 0. The lowest BCUT2D eigenvalue weighted by atomic mass is 10.1. The summed E-state index contributed by atoms with van der Waals surface area (Å²) in [6, 6.07) is 6.91. The highest BCUT2D eigenvalue weighted by Gasteiger charge is 2.35. The lowest BCUT2D eigenvalue weighted by Crippen LogP contribution is -2.29. The van der Waals surface area contributed by atoms with Crippen LogP contribution in [0.3, 0.4) is 0 Å². The second-order valence-electron chi connectivity index (χ2n) is 6.48. The Labute approximate surface area is 147 Å². The van der Waals surface area contributed by atoms with Crippen LogP contribution in [0, 0.1) is 0 Å². The highest BCUT2D eigenvalue weighted by molar-refractivity contribution is 6.21. The van der Waals surface area contributed by atoms with E-state index in [1.54, 1.807) is 28.9 Å². The molecule has 0 saturated heterocycles. The minimum Gasteiger partial charge on any atom is -0.269 e. The van der Waals surface area contributed by atoms with Crippen LogP contribution in [0.1, 0.15) is 71.9 Å². The van der Waals surface area contributed by atoms with E-state index in [4.69, 9.17) is 0 Å². The van der Waals surface area contributed by atoms with Crippen molar-refractivity contribution in [2.45, 2.75) is 58.5 Å². The standard InChI is InChI=1S/C19H24N4O2/c1-2-3-4-5-6-9-12-22-13-15(20-21-22)14-23-18(24)16-10-7-8-11-17(16)19(23)25/h7-8,10-11,13H,2-6,9,12,14H2,1H3. The molecular formula is C19H24N4O2. The van der Waals surface area contributed by atoms with Gasteiger partial charge in [0.25, 0.3) is 11.8 Å². The number of benzene rings is 1. The number of hydrogen-bond acceptors (Lipinski definition) is 4. The zero-order valence-corrected chi connectivity index (χ0v) is 14.6. The number of carbonyl (C=O) groups is 2. The molecule has 0 aliphatic carbocycles. The van der Waals surface area contributed by atoms with Gasteiger partial charge in [-0.15, -0.1) is 5.10 Å². The van der Waals surface area contributed by atoms with Gasteiger partial charge in [0, 0.05) is 6.54 Å². The summed E-state index contributed by atoms with van der Waals surface area (Å²) in [6.45, 7) is 3.20. The molecule has 0 N–H and O–H groups in total. The monoisotopic (exact) mass is 340 g/mol. The number of nitrogens with zero attached hydrogens (tertiary/aromatic N) is 4. The Morgan fingerprint density at radius 3 is 2.24 bits per heavy atom. The van der Waals surface area contributed by atoms with Crippen molar-refractivity contribution in [1.82, 2.24) is 19.9 Å². The maximum Gasteiger partial charge on any atom is 0.261 e. The van der Waals surface area contributed by atoms with Crippen LogP contribution < -0.4 is 0 Å². The van der Waals surface area contributed by atoms with Gasteiger partial charge in [0.2, 0.25) is 0 Å². The summed E-state index contributed by atoms with van der Waals surface area (Å²) in [5.41, 5.74) is 1.57. The molecule has 0 saturated carbocycles. The maximum atomic E-state index is 12.4. The average Bonchev–Trinajstić information content (AvgIpc) is 3.17. The van der Waals surface area contributed by atoms with E-state index in [2.05, 4.69) is 17.2 Å². The third-order valence-corrected chi connectivity index (χ3v) is 4.53. The van der Waals surface area contributed by atoms with Crippen molar-refractivity contribution in [3.63, 3.8) is 0 Å². The van der Waals surface area contributed by atoms with Crippen LogP contribution >= 0.6 is 0 Å². The van der Waals surface area contributed by atoms with E-state index in [9.17, 15) is 9.59 Å². The zero-order valence-electron chi connectivity index (χ0n) is 14.6. The number of fused-ring (bicyclic) bond motifs is 1. The number of imide groups is 1. The van der Waals surface area contributed by atoms with Gasteiger partial charge in [-0.05, 0) is 18.6 Å². The van der Waals surface area contributed by atoms with E-state index in [1.807, 2.05) is 6.20 Å². The average molecular weight is 340 g/mol. The van der Waals surface area contributed by atoms with Crippen molar-refractivity contribution in [3.05, 3.63) is 47.3 Å². The Hall–Kier alpha value is -2.50. The molecule has 3 rings (SSSR count). The van der Waals surface area contributed by atoms with Crippen LogP contribution in [0.4, 0.5) is 0 Å². The summed E-state index contributed by atoms with van der Waals surface area (Å²) in [7, 11) is 0. The van der Waals surface area contributed by atoms with Gasteiger partial charge in [0.1, 0.15) is 5.69 Å². The molecule has 132 valence electrons. The van der Waals surface area contributed by atoms with Crippen molar-refractivity contribution < 1.29 is 9.59 Å². The van der Waals surface area contributed by atoms with Crippen LogP contribution in [0.5, 0.6) is 0 Å². The third-order valence-electron chi connectivity index (χ3n) is 4.53. The minimum atomic E-state index is -0.258. The molecule has 0 unspecified atom stereocenters. The highest BCUT2D eigenvalue weighted by Crippen LogP contribution is 2.23. The number of aromatic nitrogens is 3. The van der Waals surface area contributed by atoms with Gasteiger partial charge in [-0.2, -0.15) is 0 Å². The Bertz CT molecular complexity index is 718. The minimum absolute atomic E-state index is 0.169. The Kier molecular flexibility index (Phi) is 5.58. The van der Waals surface area contributed by atoms with Crippen molar-refractivity contribution in [1.29, 1.82) is 0 Å². The summed E-state index contributed by atoms with van der Waals surface area (Å²) in [6.07, 6.45) is 9.18. The second kappa shape index (κ2) is 8.05. The first kappa shape index (κ1) is 17.3. The molecule has 0 bridgehead atoms. The molecule has 0 atom stereocenters. The summed E-state index contributed by atoms with van der Waals surface area (Å²) in [4.78, 5) is 26.0. The molecular weight excluding hydrogens is 316 g/mol. The molecule has 0 spiro atoms. The lowest BCUT2D eigenvalue weighted by molar-refractivity contribution is 0.0640. The summed E-state index contributed by atoms with van der Waals surface area (Å²) in [5.74, 6) is -0.517. The highest BCUT2D eigenvalue weighted by atomic mass is 16.2. The van der Waals surface area contributed by atoms with Gasteiger partial charge in [0.05, 0.1) is 23.9 Å². The van der Waals surface area contributed by atoms with Gasteiger partial charge >= 0.3 is 0 Å². The van der Waals surface area contributed by atoms with E-state index in [0.29, 0.717) is 16.8 Å². The zero-order chi connectivity index (χ0) is 17.6. The largest absolute Gasteiger partial charge is 0.269 e. The molecule has 6 nitrogen and oxygen atoms in total. The van der Waals surface area contributed by atoms with Gasteiger partial charge in [-0.3, -0.25) is 19.2 Å². The van der Waals surface area contributed by atoms with Gasteiger partial charge < -0.3 is 0 Å². The normalized spacial score (nSPS) is 13.6. The van der Waals surface area contributed by atoms with Crippen molar-refractivity contribution in [3.8, 4) is 0 Å². The molecule has 2 aromatic rings. The molecule has 2 amide bonds. The van der Waals surface area contributed by atoms with Gasteiger partial charge in [-0.1, -0.05) is 56.4 Å². The first-order valence-corrected chi connectivity index (χ1v) is 9.05. The first-order valence-electron chi connectivity index (χ1n) is 9.05. The molecule has 0 fully saturated rings. The van der Waals surface area contributed by atoms with Crippen molar-refractivity contribution in [2.75, 3.05) is 0 Å². The molecule has 25 heavy (non-hydrogen) atoms. The van der Waals surface area contributed by atoms with Gasteiger partial charge in [-0.25, -0.2) is 0 Å². The Morgan fingerprint density at radius 1 is 0.920 bits per heavy atom. The molecule has 1 aromatic heterocycles. The van der Waals surface area contributed by atoms with Crippen LogP contribution in [0.15, 0.2) is 30.5 Å². The summed E-state index contributed by atoms with van der Waals surface area (Å²) < 4.78 is 1.80. The maximum absolute atomic E-state index is 12.4. The van der Waals surface area contributed by atoms with E-state index >= 15 is 0 Å². The summed E-state index contributed by atoms with van der Waals surface area (Å²) >= 11 is 0. The van der Waals surface area contributed by atoms with E-state index in [-0.39, 0.29) is 18.4 Å². The van der Waals surface area contributed by atoms with Crippen LogP contribution in [-0.2, 0) is 13.1 Å². The smallest absolute Gasteiger partial charge is 0.261 e. The topological polar surface area (TPSA) is 68.1 Å². The first-order chi connectivity index (χ1) is 12.2.